The summed E-state index contributed by atoms with van der Waals surface area (Å²) in [7, 11) is 0. The van der Waals surface area contributed by atoms with Gasteiger partial charge in [0.25, 0.3) is 0 Å². The fourth-order valence-corrected chi connectivity index (χ4v) is 1.50. The Morgan fingerprint density at radius 2 is 2.25 bits per heavy atom. The molecule has 2 N–H and O–H groups in total. The van der Waals surface area contributed by atoms with Crippen LogP contribution in [0, 0.1) is 0 Å². The molecule has 0 spiro atoms. The fourth-order valence-electron chi connectivity index (χ4n) is 1.50. The Balaban J connectivity index is 2.20. The van der Waals surface area contributed by atoms with Crippen molar-refractivity contribution in [2.24, 2.45) is 0 Å². The van der Waals surface area contributed by atoms with E-state index in [4.69, 9.17) is 9.84 Å². The van der Waals surface area contributed by atoms with Crippen molar-refractivity contribution in [3.63, 3.8) is 0 Å². The predicted molar refractivity (Wildman–Crippen MR) is 57.3 cm³/mol. The average Bonchev–Trinajstić information content (AvgIpc) is 2.25. The number of aliphatic carboxylic acids is 1. The van der Waals surface area contributed by atoms with Gasteiger partial charge in [0.05, 0.1) is 6.26 Å². The van der Waals surface area contributed by atoms with Crippen LogP contribution in [0.1, 0.15) is 5.56 Å². The van der Waals surface area contributed by atoms with Crippen LogP contribution in [0.2, 0.25) is 0 Å². The van der Waals surface area contributed by atoms with Gasteiger partial charge in [-0.1, -0.05) is 0 Å². The van der Waals surface area contributed by atoms with Gasteiger partial charge in [-0.15, -0.1) is 0 Å². The van der Waals surface area contributed by atoms with Crippen LogP contribution in [0.3, 0.4) is 0 Å². The quantitative estimate of drug-likeness (QED) is 0.743. The van der Waals surface area contributed by atoms with Crippen LogP contribution < -0.4 is 4.74 Å². The minimum atomic E-state index is -0.998. The second kappa shape index (κ2) is 4.10. The largest absolute Gasteiger partial charge is 0.508 e. The monoisotopic (exact) mass is 218 g/mol. The Labute approximate surface area is 92.1 Å². The number of carbonyl (C=O) groups is 1. The highest BCUT2D eigenvalue weighted by Crippen LogP contribution is 2.29. The van der Waals surface area contributed by atoms with Gasteiger partial charge in [0.2, 0.25) is 0 Å². The molecule has 16 heavy (non-hydrogen) atoms. The number of aromatic hydroxyl groups is 1. The maximum Gasteiger partial charge on any atom is 0.328 e. The number of benzene rings is 1. The van der Waals surface area contributed by atoms with Crippen molar-refractivity contribution >= 4 is 5.97 Å². The Kier molecular flexibility index (Phi) is 2.64. The first-order chi connectivity index (χ1) is 7.65. The van der Waals surface area contributed by atoms with Crippen molar-refractivity contribution in [1.29, 1.82) is 0 Å². The van der Waals surface area contributed by atoms with E-state index in [-0.39, 0.29) is 5.75 Å². The lowest BCUT2D eigenvalue weighted by molar-refractivity contribution is -0.131. The zero-order valence-corrected chi connectivity index (χ0v) is 8.38. The molecule has 0 saturated heterocycles. The highest BCUT2D eigenvalue weighted by Gasteiger charge is 2.11. The Morgan fingerprint density at radius 3 is 3.00 bits per heavy atom. The van der Waals surface area contributed by atoms with Gasteiger partial charge in [0.15, 0.2) is 0 Å². The number of hydrogen-bond donors (Lipinski definition) is 2. The molecule has 0 aliphatic carbocycles. The minimum absolute atomic E-state index is 0.172. The molecule has 82 valence electrons. The molecule has 1 aromatic carbocycles. The zero-order valence-electron chi connectivity index (χ0n) is 8.38. The summed E-state index contributed by atoms with van der Waals surface area (Å²) >= 11 is 0. The maximum atomic E-state index is 10.3. The summed E-state index contributed by atoms with van der Waals surface area (Å²) in [6.45, 7) is 0. The van der Waals surface area contributed by atoms with E-state index < -0.39 is 5.97 Å². The standard InChI is InChI=1S/C12H10O4/c13-10-2-3-11-9(6-10)5-8(7-16-11)1-4-12(14)15/h1-4,6-7,13H,5H2,(H,14,15)/b4-1+. The third-order valence-corrected chi connectivity index (χ3v) is 2.22. The molecule has 0 radical (unpaired) electrons. The molecule has 0 bridgehead atoms. The number of allylic oxidation sites excluding steroid dienone is 2. The van der Waals surface area contributed by atoms with E-state index in [0.717, 1.165) is 17.2 Å². The molecule has 0 amide bonds. The lowest BCUT2D eigenvalue weighted by Crippen LogP contribution is -2.01. The second-order valence-corrected chi connectivity index (χ2v) is 3.45. The molecule has 0 aromatic heterocycles. The highest BCUT2D eigenvalue weighted by atomic mass is 16.5. The fraction of sp³-hybridized carbons (Fsp3) is 0.0833. The number of ether oxygens (including phenoxy) is 1. The Bertz CT molecular complexity index is 486. The molecule has 4 nitrogen and oxygen atoms in total. The van der Waals surface area contributed by atoms with Crippen LogP contribution >= 0.6 is 0 Å². The first-order valence-corrected chi connectivity index (χ1v) is 4.74. The minimum Gasteiger partial charge on any atom is -0.508 e. The van der Waals surface area contributed by atoms with Crippen LogP contribution in [0.4, 0.5) is 0 Å². The topological polar surface area (TPSA) is 66.8 Å². The Hall–Kier alpha value is -2.23. The van der Waals surface area contributed by atoms with Crippen molar-refractivity contribution in [3.05, 3.63) is 47.7 Å². The van der Waals surface area contributed by atoms with E-state index in [2.05, 4.69) is 0 Å². The number of hydrogen-bond acceptors (Lipinski definition) is 3. The van der Waals surface area contributed by atoms with Crippen molar-refractivity contribution in [2.45, 2.75) is 6.42 Å². The van der Waals surface area contributed by atoms with E-state index in [1.807, 2.05) is 0 Å². The molecular weight excluding hydrogens is 208 g/mol. The summed E-state index contributed by atoms with van der Waals surface area (Å²) in [5.74, 6) is -0.140. The normalized spacial score (nSPS) is 14.1. The Morgan fingerprint density at radius 1 is 1.44 bits per heavy atom. The van der Waals surface area contributed by atoms with Gasteiger partial charge < -0.3 is 14.9 Å². The summed E-state index contributed by atoms with van der Waals surface area (Å²) in [6.07, 6.45) is 4.60. The van der Waals surface area contributed by atoms with Gasteiger partial charge in [-0.2, -0.15) is 0 Å². The van der Waals surface area contributed by atoms with E-state index in [0.29, 0.717) is 12.2 Å². The number of phenolic OH excluding ortho intramolecular Hbond substituents is 1. The van der Waals surface area contributed by atoms with Crippen molar-refractivity contribution in [1.82, 2.24) is 0 Å². The molecular formula is C12H10O4. The number of rotatable bonds is 2. The van der Waals surface area contributed by atoms with Crippen LogP contribution in [0.15, 0.2) is 42.2 Å². The smallest absolute Gasteiger partial charge is 0.328 e. The summed E-state index contributed by atoms with van der Waals surface area (Å²) < 4.78 is 5.31. The van der Waals surface area contributed by atoms with Gasteiger partial charge in [-0.25, -0.2) is 4.79 Å². The molecule has 1 aliphatic rings. The first kappa shape index (κ1) is 10.3. The summed E-state index contributed by atoms with van der Waals surface area (Å²) in [5.41, 5.74) is 1.59. The van der Waals surface area contributed by atoms with E-state index >= 15 is 0 Å². The number of carboxylic acid groups (broad SMARTS) is 1. The van der Waals surface area contributed by atoms with Crippen molar-refractivity contribution < 1.29 is 19.7 Å². The van der Waals surface area contributed by atoms with Crippen LogP contribution in [0.25, 0.3) is 0 Å². The number of fused-ring (bicyclic) bond motifs is 1. The van der Waals surface area contributed by atoms with Crippen molar-refractivity contribution in [3.8, 4) is 11.5 Å². The molecule has 0 unspecified atom stereocenters. The highest BCUT2D eigenvalue weighted by molar-refractivity contribution is 5.80. The molecule has 4 heteroatoms. The second-order valence-electron chi connectivity index (χ2n) is 3.45. The van der Waals surface area contributed by atoms with Gasteiger partial charge in [0.1, 0.15) is 11.5 Å². The average molecular weight is 218 g/mol. The third kappa shape index (κ3) is 2.23. The maximum absolute atomic E-state index is 10.3. The lowest BCUT2D eigenvalue weighted by atomic mass is 10.0. The summed E-state index contributed by atoms with van der Waals surface area (Å²) in [4.78, 5) is 10.3. The SMILES string of the molecule is O=C(O)/C=C/C1=COc2ccc(O)cc2C1. The molecule has 1 aromatic rings. The number of phenols is 1. The van der Waals surface area contributed by atoms with Crippen molar-refractivity contribution in [2.75, 3.05) is 0 Å². The van der Waals surface area contributed by atoms with Crippen LogP contribution in [-0.2, 0) is 11.2 Å². The summed E-state index contributed by atoms with van der Waals surface area (Å²) in [5, 5.41) is 17.8. The van der Waals surface area contributed by atoms with E-state index in [9.17, 15) is 9.90 Å². The predicted octanol–water partition coefficient (Wildman–Crippen LogP) is 1.85. The lowest BCUT2D eigenvalue weighted by Gasteiger charge is -2.15. The van der Waals surface area contributed by atoms with Gasteiger partial charge in [-0.3, -0.25) is 0 Å². The molecule has 2 rings (SSSR count). The molecule has 0 saturated carbocycles. The van der Waals surface area contributed by atoms with E-state index in [1.54, 1.807) is 18.2 Å². The number of carboxylic acids is 1. The molecule has 0 atom stereocenters. The van der Waals surface area contributed by atoms with Gasteiger partial charge in [0, 0.05) is 18.1 Å². The van der Waals surface area contributed by atoms with Crippen LogP contribution in [0.5, 0.6) is 11.5 Å². The zero-order chi connectivity index (χ0) is 11.5. The van der Waals surface area contributed by atoms with Crippen LogP contribution in [-0.4, -0.2) is 16.2 Å². The summed E-state index contributed by atoms with van der Waals surface area (Å²) in [6, 6.07) is 4.83. The van der Waals surface area contributed by atoms with E-state index in [1.165, 1.54) is 12.3 Å². The molecule has 0 fully saturated rings. The molecule has 1 aliphatic heterocycles. The molecule has 1 heterocycles. The van der Waals surface area contributed by atoms with Gasteiger partial charge >= 0.3 is 5.97 Å². The third-order valence-electron chi connectivity index (χ3n) is 2.22. The van der Waals surface area contributed by atoms with Gasteiger partial charge in [-0.05, 0) is 29.8 Å². The first-order valence-electron chi connectivity index (χ1n) is 4.74.